The van der Waals surface area contributed by atoms with Gasteiger partial charge in [-0.1, -0.05) is 29.5 Å². The van der Waals surface area contributed by atoms with Crippen LogP contribution in [0.4, 0.5) is 0 Å². The Balaban J connectivity index is 1.33. The lowest BCUT2D eigenvalue weighted by Crippen LogP contribution is -2.32. The molecule has 0 bridgehead atoms. The zero-order chi connectivity index (χ0) is 29.0. The molecule has 0 fully saturated rings. The van der Waals surface area contributed by atoms with Gasteiger partial charge >= 0.3 is 0 Å². The van der Waals surface area contributed by atoms with E-state index >= 15 is 0 Å². The highest BCUT2D eigenvalue weighted by molar-refractivity contribution is 5.78. The van der Waals surface area contributed by atoms with Crippen LogP contribution in [0.15, 0.2) is 79.3 Å². The van der Waals surface area contributed by atoms with Gasteiger partial charge in [0.05, 0.1) is 48.1 Å². The Hall–Kier alpha value is -4.03. The number of aliphatic hydroxyl groups is 3. The van der Waals surface area contributed by atoms with Crippen molar-refractivity contribution in [1.82, 2.24) is 34.8 Å². The van der Waals surface area contributed by atoms with Gasteiger partial charge in [0.15, 0.2) is 0 Å². The molecule has 0 aliphatic carbocycles. The number of nitrogens with zero attached hydrogens (tertiary/aromatic N) is 7. The summed E-state index contributed by atoms with van der Waals surface area (Å²) in [6.07, 6.45) is 4.39. The number of carbonyl (C=O) groups excluding carboxylic acids is 1. The van der Waals surface area contributed by atoms with Crippen LogP contribution in [0.1, 0.15) is 35.5 Å². The number of pyridine rings is 2. The molecule has 41 heavy (non-hydrogen) atoms. The predicted molar refractivity (Wildman–Crippen MR) is 152 cm³/mol. The van der Waals surface area contributed by atoms with Gasteiger partial charge in [-0.3, -0.25) is 19.7 Å². The summed E-state index contributed by atoms with van der Waals surface area (Å²) < 4.78 is 1.72. The average molecular weight is 560 g/mol. The number of hydrogen-bond donors (Lipinski definition) is 3. The molecule has 0 saturated carbocycles. The smallest absolute Gasteiger partial charge is 0.226 e. The average Bonchev–Trinajstić information content (AvgIpc) is 3.46. The molecule has 3 aromatic heterocycles. The fourth-order valence-corrected chi connectivity index (χ4v) is 4.39. The molecule has 0 spiro atoms. The molecule has 2 atom stereocenters. The van der Waals surface area contributed by atoms with E-state index in [1.54, 1.807) is 29.0 Å². The number of hydrogen-bond acceptors (Lipinski definition) is 9. The van der Waals surface area contributed by atoms with Crippen molar-refractivity contribution in [3.05, 3.63) is 102 Å². The number of amides is 1. The maximum Gasteiger partial charge on any atom is 0.226 e. The Bertz CT molecular complexity index is 1290. The number of aliphatic hydroxyl groups excluding tert-OH is 3. The summed E-state index contributed by atoms with van der Waals surface area (Å²) >= 11 is 0. The molecule has 3 N–H and O–H groups in total. The lowest BCUT2D eigenvalue weighted by Gasteiger charge is -2.20. The zero-order valence-corrected chi connectivity index (χ0v) is 23.2. The summed E-state index contributed by atoms with van der Waals surface area (Å²) in [5, 5.41) is 36.8. The van der Waals surface area contributed by atoms with Crippen LogP contribution in [-0.2, 0) is 30.8 Å². The van der Waals surface area contributed by atoms with E-state index in [9.17, 15) is 15.0 Å². The minimum absolute atomic E-state index is 0.0427. The monoisotopic (exact) mass is 559 g/mol. The largest absolute Gasteiger partial charge is 0.394 e. The molecule has 0 aliphatic rings. The van der Waals surface area contributed by atoms with E-state index in [1.165, 1.54) is 0 Å². The van der Waals surface area contributed by atoms with Gasteiger partial charge in [-0.2, -0.15) is 0 Å². The highest BCUT2D eigenvalue weighted by Crippen LogP contribution is 2.14. The Morgan fingerprint density at radius 3 is 2.10 bits per heavy atom. The van der Waals surface area contributed by atoms with Gasteiger partial charge < -0.3 is 20.2 Å². The minimum atomic E-state index is -1.16. The third kappa shape index (κ3) is 9.25. The quantitative estimate of drug-likeness (QED) is 0.199. The second kappa shape index (κ2) is 15.1. The zero-order valence-electron chi connectivity index (χ0n) is 23.2. The highest BCUT2D eigenvalue weighted by Gasteiger charge is 2.17. The summed E-state index contributed by atoms with van der Waals surface area (Å²) in [6.45, 7) is 1.82. The number of aromatic nitrogens is 5. The van der Waals surface area contributed by atoms with Crippen molar-refractivity contribution in [1.29, 1.82) is 0 Å². The summed E-state index contributed by atoms with van der Waals surface area (Å²) in [6, 6.07) is 19.4. The van der Waals surface area contributed by atoms with Crippen molar-refractivity contribution in [2.75, 3.05) is 20.2 Å². The lowest BCUT2D eigenvalue weighted by molar-refractivity contribution is -0.129. The van der Waals surface area contributed by atoms with Gasteiger partial charge in [0.1, 0.15) is 6.10 Å². The van der Waals surface area contributed by atoms with E-state index in [-0.39, 0.29) is 12.3 Å². The molecule has 1 amide bonds. The SMILES string of the molecule is CN(CCC[C@H](O)[C@H](O)CO)C(=O)Cc1ccc(-n2cc(CN(Cc3ccccn3)Cc3ccccn3)nn2)cc1. The number of benzene rings is 1. The van der Waals surface area contributed by atoms with Crippen LogP contribution >= 0.6 is 0 Å². The van der Waals surface area contributed by atoms with E-state index in [2.05, 4.69) is 25.2 Å². The van der Waals surface area contributed by atoms with Gasteiger partial charge in [0.2, 0.25) is 5.91 Å². The molecule has 11 nitrogen and oxygen atoms in total. The van der Waals surface area contributed by atoms with Crippen molar-refractivity contribution in [2.24, 2.45) is 0 Å². The van der Waals surface area contributed by atoms with E-state index in [1.807, 2.05) is 66.9 Å². The van der Waals surface area contributed by atoms with Crippen molar-refractivity contribution in [3.63, 3.8) is 0 Å². The van der Waals surface area contributed by atoms with Crippen LogP contribution in [0.3, 0.4) is 0 Å². The summed E-state index contributed by atoms with van der Waals surface area (Å²) in [5.41, 5.74) is 4.45. The Kier molecular flexibility index (Phi) is 11.0. The molecule has 4 aromatic rings. The third-order valence-corrected chi connectivity index (χ3v) is 6.76. The molecule has 0 aliphatic heterocycles. The molecular weight excluding hydrogens is 522 g/mol. The van der Waals surface area contributed by atoms with E-state index in [4.69, 9.17) is 5.11 Å². The Morgan fingerprint density at radius 1 is 0.878 bits per heavy atom. The fourth-order valence-electron chi connectivity index (χ4n) is 4.39. The first-order valence-corrected chi connectivity index (χ1v) is 13.6. The van der Waals surface area contributed by atoms with Crippen molar-refractivity contribution in [3.8, 4) is 5.69 Å². The van der Waals surface area contributed by atoms with Crippen molar-refractivity contribution < 1.29 is 20.1 Å². The molecular formula is C30H37N7O4. The maximum absolute atomic E-state index is 12.6. The summed E-state index contributed by atoms with van der Waals surface area (Å²) in [5.74, 6) is -0.0427. The first-order valence-electron chi connectivity index (χ1n) is 13.6. The molecule has 4 rings (SSSR count). The highest BCUT2D eigenvalue weighted by atomic mass is 16.4. The van der Waals surface area contributed by atoms with Crippen molar-refractivity contribution in [2.45, 2.75) is 51.1 Å². The molecule has 1 aromatic carbocycles. The third-order valence-electron chi connectivity index (χ3n) is 6.76. The predicted octanol–water partition coefficient (Wildman–Crippen LogP) is 1.75. The molecule has 11 heteroatoms. The van der Waals surface area contributed by atoms with Gasteiger partial charge in [0.25, 0.3) is 0 Å². The Morgan fingerprint density at radius 2 is 1.51 bits per heavy atom. The molecule has 216 valence electrons. The fraction of sp³-hybridized carbons (Fsp3) is 0.367. The first-order chi connectivity index (χ1) is 19.9. The van der Waals surface area contributed by atoms with Gasteiger partial charge in [0, 0.05) is 45.6 Å². The van der Waals surface area contributed by atoms with Crippen LogP contribution in [0.2, 0.25) is 0 Å². The molecule has 3 heterocycles. The van der Waals surface area contributed by atoms with Crippen molar-refractivity contribution >= 4 is 5.91 Å². The number of rotatable bonds is 15. The summed E-state index contributed by atoms with van der Waals surface area (Å²) in [4.78, 5) is 25.4. The van der Waals surface area contributed by atoms with Gasteiger partial charge in [-0.15, -0.1) is 5.10 Å². The second-order valence-corrected chi connectivity index (χ2v) is 10.1. The van der Waals surface area contributed by atoms with Crippen LogP contribution in [0.25, 0.3) is 5.69 Å². The normalized spacial score (nSPS) is 12.8. The van der Waals surface area contributed by atoms with Crippen LogP contribution < -0.4 is 0 Å². The topological polar surface area (TPSA) is 141 Å². The van der Waals surface area contributed by atoms with Crippen LogP contribution in [0.5, 0.6) is 0 Å². The van der Waals surface area contributed by atoms with E-state index in [0.717, 1.165) is 28.3 Å². The van der Waals surface area contributed by atoms with Gasteiger partial charge in [-0.05, 0) is 54.8 Å². The number of carbonyl (C=O) groups is 1. The molecule has 0 saturated heterocycles. The van der Waals surface area contributed by atoms with E-state index < -0.39 is 18.8 Å². The van der Waals surface area contributed by atoms with E-state index in [0.29, 0.717) is 39.0 Å². The lowest BCUT2D eigenvalue weighted by atomic mass is 10.1. The maximum atomic E-state index is 12.6. The molecule has 0 radical (unpaired) electrons. The second-order valence-electron chi connectivity index (χ2n) is 10.1. The summed E-state index contributed by atoms with van der Waals surface area (Å²) in [7, 11) is 1.72. The van der Waals surface area contributed by atoms with Crippen LogP contribution in [0, 0.1) is 0 Å². The Labute approximate surface area is 239 Å². The number of likely N-dealkylation sites (N-methyl/N-ethyl adjacent to an activating group) is 1. The van der Waals surface area contributed by atoms with Crippen LogP contribution in [-0.4, -0.2) is 88.4 Å². The first kappa shape index (κ1) is 29.9. The minimum Gasteiger partial charge on any atom is -0.394 e. The van der Waals surface area contributed by atoms with Gasteiger partial charge in [-0.25, -0.2) is 4.68 Å². The molecule has 0 unspecified atom stereocenters. The standard InChI is InChI=1S/C30H37N7O4/c1-35(16-6-9-28(39)29(40)22-38)30(41)17-23-10-12-27(13-11-23)37-21-26(33-34-37)20-36(18-24-7-2-4-14-31-24)19-25-8-3-5-15-32-25/h2-5,7-8,10-15,21,28-29,38-40H,6,9,16-20,22H2,1H3/t28-,29+/m0/s1.